The van der Waals surface area contributed by atoms with Crippen molar-refractivity contribution in [2.24, 2.45) is 0 Å². The minimum atomic E-state index is -0.371. The lowest BCUT2D eigenvalue weighted by Crippen LogP contribution is -2.39. The highest BCUT2D eigenvalue weighted by atomic mass is 16.3. The second kappa shape index (κ2) is 10.5. The van der Waals surface area contributed by atoms with Crippen LogP contribution in [0.2, 0.25) is 0 Å². The molecule has 0 aliphatic rings. The average Bonchev–Trinajstić information content (AvgIpc) is 2.32. The van der Waals surface area contributed by atoms with Gasteiger partial charge in [-0.05, 0) is 20.0 Å². The fourth-order valence-corrected chi connectivity index (χ4v) is 1.60. The highest BCUT2D eigenvalue weighted by molar-refractivity contribution is 5.75. The number of aliphatic hydroxyl groups is 1. The van der Waals surface area contributed by atoms with Gasteiger partial charge in [0.05, 0.1) is 6.10 Å². The summed E-state index contributed by atoms with van der Waals surface area (Å²) < 4.78 is 0. The quantitative estimate of drug-likeness (QED) is 0.467. The first kappa shape index (κ1) is 16.4. The summed E-state index contributed by atoms with van der Waals surface area (Å²) in [6.45, 7) is 10.5. The second-order valence-corrected chi connectivity index (χ2v) is 4.05. The molecule has 5 nitrogen and oxygen atoms in total. The number of nitrogens with zero attached hydrogens (tertiary/aromatic N) is 1. The lowest BCUT2D eigenvalue weighted by Gasteiger charge is -2.22. The van der Waals surface area contributed by atoms with Crippen molar-refractivity contribution in [1.82, 2.24) is 15.5 Å². The van der Waals surface area contributed by atoms with Gasteiger partial charge in [0, 0.05) is 32.6 Å². The van der Waals surface area contributed by atoms with Crippen molar-refractivity contribution in [3.8, 4) is 0 Å². The van der Waals surface area contributed by atoms with Gasteiger partial charge in [0.1, 0.15) is 0 Å². The van der Waals surface area contributed by atoms with Crippen LogP contribution in [-0.4, -0.2) is 61.3 Å². The molecule has 0 aromatic heterocycles. The number of hydrogen-bond acceptors (Lipinski definition) is 4. The molecule has 0 rings (SSSR count). The molecule has 0 aromatic rings. The summed E-state index contributed by atoms with van der Waals surface area (Å²) in [5.74, 6) is 0.0539. The number of carbonyl (C=O) groups is 1. The predicted octanol–water partition coefficient (Wildman–Crippen LogP) is -0.195. The number of likely N-dealkylation sites (N-methyl/N-ethyl adjacent to an activating group) is 1. The smallest absolute Gasteiger partial charge is 0.221 e. The summed E-state index contributed by atoms with van der Waals surface area (Å²) in [7, 11) is 0. The molecule has 0 bridgehead atoms. The van der Waals surface area contributed by atoms with Crippen molar-refractivity contribution in [2.75, 3.05) is 39.3 Å². The van der Waals surface area contributed by atoms with E-state index in [0.717, 1.165) is 13.1 Å². The highest BCUT2D eigenvalue weighted by Crippen LogP contribution is 1.91. The predicted molar refractivity (Wildman–Crippen MR) is 70.0 cm³/mol. The summed E-state index contributed by atoms with van der Waals surface area (Å²) in [5.41, 5.74) is 0. The number of amides is 1. The molecule has 102 valence electrons. The molecule has 17 heavy (non-hydrogen) atoms. The van der Waals surface area contributed by atoms with Crippen LogP contribution >= 0.6 is 0 Å². The van der Waals surface area contributed by atoms with Crippen LogP contribution in [0.5, 0.6) is 0 Å². The summed E-state index contributed by atoms with van der Waals surface area (Å²) in [6, 6.07) is 0. The van der Waals surface area contributed by atoms with Crippen LogP contribution < -0.4 is 10.6 Å². The number of hydrogen-bond donors (Lipinski definition) is 3. The van der Waals surface area contributed by atoms with Gasteiger partial charge < -0.3 is 20.6 Å². The minimum Gasteiger partial charge on any atom is -0.390 e. The van der Waals surface area contributed by atoms with E-state index in [-0.39, 0.29) is 12.0 Å². The first-order valence-electron chi connectivity index (χ1n) is 6.51. The van der Waals surface area contributed by atoms with Gasteiger partial charge in [-0.1, -0.05) is 13.8 Å². The Kier molecular flexibility index (Phi) is 10.1. The molecule has 5 heteroatoms. The molecule has 0 saturated carbocycles. The normalized spacial score (nSPS) is 12.8. The van der Waals surface area contributed by atoms with E-state index in [1.807, 2.05) is 6.92 Å². The number of nitrogens with one attached hydrogen (secondary N) is 2. The molecule has 1 amide bonds. The van der Waals surface area contributed by atoms with E-state index in [0.29, 0.717) is 32.6 Å². The van der Waals surface area contributed by atoms with E-state index in [4.69, 9.17) is 0 Å². The molecule has 1 unspecified atom stereocenters. The zero-order chi connectivity index (χ0) is 13.1. The molecule has 0 saturated heterocycles. The largest absolute Gasteiger partial charge is 0.390 e. The Hall–Kier alpha value is -0.650. The van der Waals surface area contributed by atoms with Crippen molar-refractivity contribution in [2.45, 2.75) is 33.3 Å². The van der Waals surface area contributed by atoms with E-state index in [2.05, 4.69) is 29.4 Å². The van der Waals surface area contributed by atoms with Crippen LogP contribution in [0.3, 0.4) is 0 Å². The number of aliphatic hydroxyl groups excluding tert-OH is 1. The van der Waals surface area contributed by atoms with E-state index in [1.54, 1.807) is 0 Å². The molecular formula is C12H27N3O2. The second-order valence-electron chi connectivity index (χ2n) is 4.05. The molecule has 0 radical (unpaired) electrons. The summed E-state index contributed by atoms with van der Waals surface area (Å²) >= 11 is 0. The Balaban J connectivity index is 3.50. The van der Waals surface area contributed by atoms with Gasteiger partial charge in [-0.2, -0.15) is 0 Å². The number of rotatable bonds is 10. The van der Waals surface area contributed by atoms with Crippen molar-refractivity contribution < 1.29 is 9.90 Å². The first-order chi connectivity index (χ1) is 8.13. The average molecular weight is 245 g/mol. The van der Waals surface area contributed by atoms with Gasteiger partial charge in [0.15, 0.2) is 0 Å². The van der Waals surface area contributed by atoms with E-state index < -0.39 is 0 Å². The maximum Gasteiger partial charge on any atom is 0.221 e. The van der Waals surface area contributed by atoms with Gasteiger partial charge in [-0.3, -0.25) is 4.79 Å². The SMILES string of the molecule is CCNC(=O)CCNCC(O)CN(CC)CC. The summed E-state index contributed by atoms with van der Waals surface area (Å²) in [4.78, 5) is 13.3. The van der Waals surface area contributed by atoms with Crippen LogP contribution in [0.1, 0.15) is 27.2 Å². The van der Waals surface area contributed by atoms with Crippen LogP contribution in [0.15, 0.2) is 0 Å². The Morgan fingerprint density at radius 2 is 1.94 bits per heavy atom. The zero-order valence-electron chi connectivity index (χ0n) is 11.3. The third-order valence-corrected chi connectivity index (χ3v) is 2.65. The van der Waals surface area contributed by atoms with Gasteiger partial charge in [0.2, 0.25) is 5.91 Å². The standard InChI is InChI=1S/C12H27N3O2/c1-4-14-12(17)7-8-13-9-11(16)10-15(5-2)6-3/h11,13,16H,4-10H2,1-3H3,(H,14,17). The molecule has 0 spiro atoms. The fourth-order valence-electron chi connectivity index (χ4n) is 1.60. The molecule has 0 aliphatic heterocycles. The molecule has 0 fully saturated rings. The monoisotopic (exact) mass is 245 g/mol. The van der Waals surface area contributed by atoms with Gasteiger partial charge in [-0.15, -0.1) is 0 Å². The van der Waals surface area contributed by atoms with E-state index in [9.17, 15) is 9.90 Å². The topological polar surface area (TPSA) is 64.6 Å². The Morgan fingerprint density at radius 1 is 1.29 bits per heavy atom. The van der Waals surface area contributed by atoms with Crippen molar-refractivity contribution in [3.63, 3.8) is 0 Å². The van der Waals surface area contributed by atoms with Crippen LogP contribution in [-0.2, 0) is 4.79 Å². The van der Waals surface area contributed by atoms with E-state index in [1.165, 1.54) is 0 Å². The van der Waals surface area contributed by atoms with Crippen molar-refractivity contribution in [3.05, 3.63) is 0 Å². The third-order valence-electron chi connectivity index (χ3n) is 2.65. The van der Waals surface area contributed by atoms with Crippen molar-refractivity contribution >= 4 is 5.91 Å². The van der Waals surface area contributed by atoms with Gasteiger partial charge in [0.25, 0.3) is 0 Å². The molecule has 1 atom stereocenters. The van der Waals surface area contributed by atoms with E-state index >= 15 is 0 Å². The number of carbonyl (C=O) groups excluding carboxylic acids is 1. The molecule has 0 heterocycles. The maximum atomic E-state index is 11.1. The Labute approximate surface area is 105 Å². The fraction of sp³-hybridized carbons (Fsp3) is 0.917. The molecule has 3 N–H and O–H groups in total. The minimum absolute atomic E-state index is 0.0539. The summed E-state index contributed by atoms with van der Waals surface area (Å²) in [5, 5.41) is 15.6. The van der Waals surface area contributed by atoms with Gasteiger partial charge in [-0.25, -0.2) is 0 Å². The lowest BCUT2D eigenvalue weighted by molar-refractivity contribution is -0.120. The first-order valence-corrected chi connectivity index (χ1v) is 6.51. The van der Waals surface area contributed by atoms with Crippen molar-refractivity contribution in [1.29, 1.82) is 0 Å². The molecule has 0 aliphatic carbocycles. The maximum absolute atomic E-state index is 11.1. The Bertz CT molecular complexity index is 196. The van der Waals surface area contributed by atoms with Crippen LogP contribution in [0, 0.1) is 0 Å². The van der Waals surface area contributed by atoms with Crippen LogP contribution in [0.4, 0.5) is 0 Å². The molecule has 0 aromatic carbocycles. The lowest BCUT2D eigenvalue weighted by atomic mass is 10.3. The zero-order valence-corrected chi connectivity index (χ0v) is 11.3. The Morgan fingerprint density at radius 3 is 2.47 bits per heavy atom. The summed E-state index contributed by atoms with van der Waals surface area (Å²) in [6.07, 6.45) is 0.0929. The van der Waals surface area contributed by atoms with Crippen LogP contribution in [0.25, 0.3) is 0 Å². The highest BCUT2D eigenvalue weighted by Gasteiger charge is 2.08. The van der Waals surface area contributed by atoms with Gasteiger partial charge >= 0.3 is 0 Å². The molecular weight excluding hydrogens is 218 g/mol. The third kappa shape index (κ3) is 9.09.